The van der Waals surface area contributed by atoms with Crippen molar-refractivity contribution in [3.8, 4) is 5.75 Å². The Labute approximate surface area is 208 Å². The minimum Gasteiger partial charge on any atom is -0.497 e. The van der Waals surface area contributed by atoms with Gasteiger partial charge in [0.15, 0.2) is 0 Å². The number of aromatic nitrogens is 1. The molecule has 2 amide bonds. The first-order valence-electron chi connectivity index (χ1n) is 12.1. The molecule has 0 aliphatic carbocycles. The smallest absolute Gasteiger partial charge is 0.247 e. The van der Waals surface area contributed by atoms with Crippen LogP contribution in [0.3, 0.4) is 0 Å². The molecule has 36 heavy (non-hydrogen) atoms. The Balaban J connectivity index is 1.46. The Bertz CT molecular complexity index is 1410. The highest BCUT2D eigenvalue weighted by molar-refractivity contribution is 5.98. The van der Waals surface area contributed by atoms with Crippen LogP contribution in [0.15, 0.2) is 66.7 Å². The monoisotopic (exact) mass is 485 g/mol. The average molecular weight is 486 g/mol. The summed E-state index contributed by atoms with van der Waals surface area (Å²) in [5.74, 6) is -0.253. The second kappa shape index (κ2) is 10.2. The second-order valence-electron chi connectivity index (χ2n) is 9.16. The van der Waals surface area contributed by atoms with Crippen molar-refractivity contribution in [1.29, 1.82) is 0 Å². The van der Waals surface area contributed by atoms with Gasteiger partial charge >= 0.3 is 0 Å². The second-order valence-corrected chi connectivity index (χ2v) is 9.16. The molecule has 0 unspecified atom stereocenters. The van der Waals surface area contributed by atoms with Crippen LogP contribution in [-0.2, 0) is 35.3 Å². The molecule has 6 nitrogen and oxygen atoms in total. The summed E-state index contributed by atoms with van der Waals surface area (Å²) in [5.41, 5.74) is 5.28. The number of rotatable bonds is 3. The number of hydrogen-bond donors (Lipinski definition) is 3. The number of aromatic amines is 1. The molecule has 0 spiro atoms. The number of H-pyrrole nitrogens is 1. The predicted molar refractivity (Wildman–Crippen MR) is 138 cm³/mol. The van der Waals surface area contributed by atoms with E-state index in [-0.39, 0.29) is 24.1 Å². The summed E-state index contributed by atoms with van der Waals surface area (Å²) >= 11 is 0. The number of halogens is 1. The van der Waals surface area contributed by atoms with Crippen LogP contribution in [0.25, 0.3) is 10.9 Å². The number of carbonyl (C=O) groups is 2. The largest absolute Gasteiger partial charge is 0.497 e. The maximum Gasteiger partial charge on any atom is 0.247 e. The number of carbonyl (C=O) groups excluding carboxylic acids is 2. The van der Waals surface area contributed by atoms with E-state index >= 15 is 0 Å². The van der Waals surface area contributed by atoms with Crippen LogP contribution in [0.5, 0.6) is 5.75 Å². The van der Waals surface area contributed by atoms with Gasteiger partial charge in [0.05, 0.1) is 13.5 Å². The van der Waals surface area contributed by atoms with E-state index in [4.69, 9.17) is 4.74 Å². The Kier molecular flexibility index (Phi) is 6.71. The highest BCUT2D eigenvalue weighted by atomic mass is 19.1. The molecule has 5 rings (SSSR count). The predicted octanol–water partition coefficient (Wildman–Crippen LogP) is 4.71. The van der Waals surface area contributed by atoms with Crippen LogP contribution in [0.2, 0.25) is 0 Å². The van der Waals surface area contributed by atoms with Crippen molar-refractivity contribution in [2.24, 2.45) is 0 Å². The minimum atomic E-state index is -0.777. The van der Waals surface area contributed by atoms with E-state index in [2.05, 4.69) is 27.8 Å². The molecule has 4 aromatic rings. The van der Waals surface area contributed by atoms with Gasteiger partial charge in [0.2, 0.25) is 11.8 Å². The fourth-order valence-electron chi connectivity index (χ4n) is 4.83. The van der Waals surface area contributed by atoms with Gasteiger partial charge < -0.3 is 20.4 Å². The summed E-state index contributed by atoms with van der Waals surface area (Å²) in [6.45, 7) is 0. The van der Waals surface area contributed by atoms with Crippen LogP contribution in [-0.4, -0.2) is 29.9 Å². The topological polar surface area (TPSA) is 83.2 Å². The zero-order valence-electron chi connectivity index (χ0n) is 20.1. The summed E-state index contributed by atoms with van der Waals surface area (Å²) in [7, 11) is 1.58. The van der Waals surface area contributed by atoms with E-state index in [9.17, 15) is 14.0 Å². The van der Waals surface area contributed by atoms with E-state index in [0.717, 1.165) is 41.6 Å². The van der Waals surface area contributed by atoms with E-state index in [1.807, 2.05) is 12.1 Å². The molecular formula is C29H28FN3O3. The Morgan fingerprint density at radius 3 is 2.64 bits per heavy atom. The summed E-state index contributed by atoms with van der Waals surface area (Å²) in [6.07, 6.45) is 2.90. The van der Waals surface area contributed by atoms with Gasteiger partial charge in [0.25, 0.3) is 0 Å². The molecule has 1 aliphatic rings. The zero-order chi connectivity index (χ0) is 25.1. The fraction of sp³-hybridized carbons (Fsp3) is 0.241. The lowest BCUT2D eigenvalue weighted by Crippen LogP contribution is -2.45. The number of anilines is 1. The van der Waals surface area contributed by atoms with E-state index in [1.54, 1.807) is 37.4 Å². The molecule has 1 atom stereocenters. The van der Waals surface area contributed by atoms with Crippen molar-refractivity contribution in [2.75, 3.05) is 12.4 Å². The molecule has 0 saturated carbocycles. The lowest BCUT2D eigenvalue weighted by atomic mass is 10.00. The van der Waals surface area contributed by atoms with Gasteiger partial charge in [-0.2, -0.15) is 0 Å². The summed E-state index contributed by atoms with van der Waals surface area (Å²) < 4.78 is 19.2. The van der Waals surface area contributed by atoms with Gasteiger partial charge in [-0.15, -0.1) is 0 Å². The van der Waals surface area contributed by atoms with Gasteiger partial charge in [0, 0.05) is 28.7 Å². The zero-order valence-corrected chi connectivity index (χ0v) is 20.1. The summed E-state index contributed by atoms with van der Waals surface area (Å²) in [4.78, 5) is 29.9. The van der Waals surface area contributed by atoms with Gasteiger partial charge in [0.1, 0.15) is 17.6 Å². The maximum atomic E-state index is 14.1. The molecule has 0 saturated heterocycles. The molecule has 184 valence electrons. The average Bonchev–Trinajstić information content (AvgIpc) is 3.20. The number of benzene rings is 3. The first kappa shape index (κ1) is 23.6. The van der Waals surface area contributed by atoms with Crippen molar-refractivity contribution in [2.45, 2.75) is 38.1 Å². The Morgan fingerprint density at radius 1 is 1.03 bits per heavy atom. The minimum absolute atomic E-state index is 0.0582. The third-order valence-electron chi connectivity index (χ3n) is 6.63. The highest BCUT2D eigenvalue weighted by Crippen LogP contribution is 2.26. The molecule has 0 radical (unpaired) electrons. The molecule has 3 N–H and O–H groups in total. The van der Waals surface area contributed by atoms with Gasteiger partial charge in [-0.25, -0.2) is 4.39 Å². The van der Waals surface area contributed by atoms with Crippen LogP contribution in [0.4, 0.5) is 10.1 Å². The number of fused-ring (bicyclic) bond motifs is 5. The highest BCUT2D eigenvalue weighted by Gasteiger charge is 2.24. The van der Waals surface area contributed by atoms with Crippen molar-refractivity contribution in [3.63, 3.8) is 0 Å². The van der Waals surface area contributed by atoms with E-state index in [1.165, 1.54) is 17.7 Å². The third kappa shape index (κ3) is 5.25. The molecule has 0 fully saturated rings. The number of hydrogen-bond acceptors (Lipinski definition) is 3. The van der Waals surface area contributed by atoms with E-state index < -0.39 is 6.04 Å². The third-order valence-corrected chi connectivity index (χ3v) is 6.63. The van der Waals surface area contributed by atoms with Crippen molar-refractivity contribution < 1.29 is 18.7 Å². The first-order chi connectivity index (χ1) is 17.5. The number of ether oxygens (including phenoxy) is 1. The van der Waals surface area contributed by atoms with Crippen LogP contribution >= 0.6 is 0 Å². The van der Waals surface area contributed by atoms with Gasteiger partial charge in [-0.3, -0.25) is 9.59 Å². The van der Waals surface area contributed by atoms with Gasteiger partial charge in [-0.1, -0.05) is 24.3 Å². The molecule has 1 aromatic heterocycles. The summed E-state index contributed by atoms with van der Waals surface area (Å²) in [5, 5.41) is 6.54. The van der Waals surface area contributed by atoms with Crippen molar-refractivity contribution >= 4 is 28.4 Å². The Morgan fingerprint density at radius 2 is 1.83 bits per heavy atom. The molecule has 7 heteroatoms. The number of methoxy groups -OCH3 is 1. The van der Waals surface area contributed by atoms with Crippen molar-refractivity contribution in [1.82, 2.24) is 10.3 Å². The van der Waals surface area contributed by atoms with Crippen LogP contribution in [0, 0.1) is 5.82 Å². The quantitative estimate of drug-likeness (QED) is 0.393. The molecular weight excluding hydrogens is 457 g/mol. The van der Waals surface area contributed by atoms with Crippen LogP contribution < -0.4 is 15.4 Å². The standard InChI is InChI=1S/C29H28FN3O3/c1-36-22-11-9-21(10-12-22)31-29(35)27-15-19-6-2-4-18(14-19)5-3-7-25-24(17-28(34)33-27)23-16-20(30)8-13-26(23)32-25/h2,4,6,8-14,16,27,32H,3,5,7,15,17H2,1H3,(H,31,35)(H,33,34)/t27-/m0/s1. The normalized spacial score (nSPS) is 16.2. The molecule has 2 heterocycles. The van der Waals surface area contributed by atoms with E-state index in [0.29, 0.717) is 23.2 Å². The molecule has 2 bridgehead atoms. The SMILES string of the molecule is COc1ccc(NC(=O)[C@@H]2Cc3cccc(c3)CCCc3[nH]c4ccc(F)cc4c3CC(=O)N2)cc1. The molecule has 1 aliphatic heterocycles. The lowest BCUT2D eigenvalue weighted by Gasteiger charge is -2.19. The lowest BCUT2D eigenvalue weighted by molar-refractivity contribution is -0.126. The van der Waals surface area contributed by atoms with Crippen molar-refractivity contribution in [3.05, 3.63) is 94.9 Å². The first-order valence-corrected chi connectivity index (χ1v) is 12.1. The number of aryl methyl sites for hydroxylation is 2. The van der Waals surface area contributed by atoms with Crippen LogP contribution in [0.1, 0.15) is 28.8 Å². The molecule has 3 aromatic carbocycles. The number of nitrogens with one attached hydrogen (secondary N) is 3. The van der Waals surface area contributed by atoms with Gasteiger partial charge in [-0.05, 0) is 78.4 Å². The summed E-state index contributed by atoms with van der Waals surface area (Å²) in [6, 6.07) is 19.0. The Hall–Kier alpha value is -4.13. The number of amides is 2. The fourth-order valence-corrected chi connectivity index (χ4v) is 4.83. The maximum absolute atomic E-state index is 14.1.